The highest BCUT2D eigenvalue weighted by atomic mass is 35.5. The van der Waals surface area contributed by atoms with Crippen LogP contribution in [0.3, 0.4) is 0 Å². The number of benzene rings is 1. The maximum atomic E-state index is 12.4. The van der Waals surface area contributed by atoms with E-state index in [0.29, 0.717) is 10.9 Å². The minimum Gasteiger partial charge on any atom is -0.456 e. The quantitative estimate of drug-likeness (QED) is 0.846. The van der Waals surface area contributed by atoms with Gasteiger partial charge in [-0.1, -0.05) is 34.8 Å². The average Bonchev–Trinajstić information content (AvgIpc) is 2.37. The summed E-state index contributed by atoms with van der Waals surface area (Å²) >= 11 is 18.0. The molecule has 0 radical (unpaired) electrons. The Morgan fingerprint density at radius 1 is 1.19 bits per heavy atom. The highest BCUT2D eigenvalue weighted by molar-refractivity contribution is 6.41. The summed E-state index contributed by atoms with van der Waals surface area (Å²) in [5.41, 5.74) is -0.365. The van der Waals surface area contributed by atoms with Crippen molar-refractivity contribution < 1.29 is 14.8 Å². The van der Waals surface area contributed by atoms with Gasteiger partial charge in [0.2, 0.25) is 0 Å². The Bertz CT molecular complexity index is 517. The highest BCUT2D eigenvalue weighted by Gasteiger charge is 2.36. The van der Waals surface area contributed by atoms with Gasteiger partial charge in [-0.3, -0.25) is 0 Å². The van der Waals surface area contributed by atoms with Crippen LogP contribution in [0.1, 0.15) is 37.0 Å². The van der Waals surface area contributed by atoms with Gasteiger partial charge in [0.05, 0.1) is 28.7 Å². The molecule has 21 heavy (non-hydrogen) atoms. The van der Waals surface area contributed by atoms with Crippen LogP contribution in [0, 0.1) is 5.92 Å². The molecule has 1 fully saturated rings. The largest absolute Gasteiger partial charge is 0.456 e. The number of halogens is 3. The number of carbonyl (C=O) groups is 1. The first-order valence-corrected chi connectivity index (χ1v) is 8.14. The molecule has 6 heteroatoms. The summed E-state index contributed by atoms with van der Waals surface area (Å²) in [5.74, 6) is -0.155. The molecule has 1 aromatic rings. The Kier molecular flexibility index (Phi) is 5.42. The van der Waals surface area contributed by atoms with Gasteiger partial charge in [0, 0.05) is 23.8 Å². The highest BCUT2D eigenvalue weighted by Crippen LogP contribution is 2.33. The average molecular weight is 352 g/mol. The molecule has 0 atom stereocenters. The summed E-state index contributed by atoms with van der Waals surface area (Å²) in [5, 5.41) is 3.10. The van der Waals surface area contributed by atoms with E-state index >= 15 is 0 Å². The van der Waals surface area contributed by atoms with E-state index < -0.39 is 11.6 Å². The van der Waals surface area contributed by atoms with E-state index in [-0.39, 0.29) is 15.6 Å². The minimum absolute atomic E-state index is 0.179. The third-order valence-corrected chi connectivity index (χ3v) is 4.80. The number of quaternary nitrogens is 1. The zero-order valence-corrected chi connectivity index (χ0v) is 14.4. The second kappa shape index (κ2) is 6.74. The molecule has 2 N–H and O–H groups in total. The molecule has 2 rings (SSSR count). The van der Waals surface area contributed by atoms with Crippen molar-refractivity contribution in [3.05, 3.63) is 32.8 Å². The van der Waals surface area contributed by atoms with Crippen molar-refractivity contribution in [1.29, 1.82) is 0 Å². The van der Waals surface area contributed by atoms with Crippen LogP contribution in [-0.2, 0) is 4.74 Å². The number of nitrogens with two attached hydrogens (primary N) is 1. The number of hydrogen-bond donors (Lipinski definition) is 1. The Morgan fingerprint density at radius 2 is 1.71 bits per heavy atom. The first-order chi connectivity index (χ1) is 9.81. The summed E-state index contributed by atoms with van der Waals surface area (Å²) in [6.07, 6.45) is 2.06. The maximum Gasteiger partial charge on any atom is 0.341 e. The molecule has 1 aliphatic heterocycles. The van der Waals surface area contributed by atoms with Gasteiger partial charge in [0.15, 0.2) is 0 Å². The lowest BCUT2D eigenvalue weighted by atomic mass is 9.83. The SMILES string of the molecule is CC(C)(OC(=O)c1c(Cl)cc(Cl)cc1Cl)C1CC[NH2+]CC1. The molecular formula is C15H19Cl3NO2+. The number of piperidine rings is 1. The predicted molar refractivity (Wildman–Crippen MR) is 85.3 cm³/mol. The molecule has 3 nitrogen and oxygen atoms in total. The van der Waals surface area contributed by atoms with E-state index in [4.69, 9.17) is 39.5 Å². The molecule has 0 amide bonds. The van der Waals surface area contributed by atoms with Gasteiger partial charge in [-0.05, 0) is 26.0 Å². The van der Waals surface area contributed by atoms with Crippen molar-refractivity contribution in [2.75, 3.05) is 13.1 Å². The van der Waals surface area contributed by atoms with Crippen molar-refractivity contribution >= 4 is 40.8 Å². The van der Waals surface area contributed by atoms with Gasteiger partial charge in [-0.2, -0.15) is 0 Å². The molecule has 1 aliphatic rings. The van der Waals surface area contributed by atoms with Gasteiger partial charge in [0.1, 0.15) is 5.60 Å². The number of esters is 1. The minimum atomic E-state index is -0.544. The standard InChI is InChI=1S/C15H18Cl3NO2/c1-15(2,9-3-5-19-6-4-9)21-14(20)13-11(17)7-10(16)8-12(13)18/h7-9,19H,3-6H2,1-2H3/p+1. The summed E-state index contributed by atoms with van der Waals surface area (Å²) < 4.78 is 5.70. The van der Waals surface area contributed by atoms with Crippen LogP contribution in [-0.4, -0.2) is 24.7 Å². The van der Waals surface area contributed by atoms with E-state index in [1.807, 2.05) is 13.8 Å². The molecule has 1 heterocycles. The molecule has 1 saturated heterocycles. The number of carbonyl (C=O) groups excluding carboxylic acids is 1. The Hall–Kier alpha value is -0.480. The van der Waals surface area contributed by atoms with Crippen LogP contribution < -0.4 is 5.32 Å². The molecule has 0 aromatic heterocycles. The van der Waals surface area contributed by atoms with E-state index in [2.05, 4.69) is 5.32 Å². The van der Waals surface area contributed by atoms with Gasteiger partial charge < -0.3 is 10.1 Å². The van der Waals surface area contributed by atoms with Crippen LogP contribution >= 0.6 is 34.8 Å². The van der Waals surface area contributed by atoms with Crippen molar-refractivity contribution in [3.63, 3.8) is 0 Å². The van der Waals surface area contributed by atoms with Crippen molar-refractivity contribution in [2.45, 2.75) is 32.3 Å². The second-order valence-electron chi connectivity index (χ2n) is 5.88. The molecule has 1 aromatic carbocycles. The zero-order chi connectivity index (χ0) is 15.6. The van der Waals surface area contributed by atoms with E-state index in [1.54, 1.807) is 0 Å². The summed E-state index contributed by atoms with van der Waals surface area (Å²) in [6.45, 7) is 6.01. The smallest absolute Gasteiger partial charge is 0.341 e. The number of hydrogen-bond acceptors (Lipinski definition) is 2. The van der Waals surface area contributed by atoms with Crippen LogP contribution in [0.15, 0.2) is 12.1 Å². The van der Waals surface area contributed by atoms with Crippen LogP contribution in [0.4, 0.5) is 0 Å². The second-order valence-corrected chi connectivity index (χ2v) is 7.13. The van der Waals surface area contributed by atoms with E-state index in [1.165, 1.54) is 12.1 Å². The van der Waals surface area contributed by atoms with Crippen molar-refractivity contribution in [3.8, 4) is 0 Å². The monoisotopic (exact) mass is 350 g/mol. The van der Waals surface area contributed by atoms with E-state index in [9.17, 15) is 4.79 Å². The molecule has 0 spiro atoms. The fraction of sp³-hybridized carbons (Fsp3) is 0.533. The molecule has 0 aliphatic carbocycles. The fourth-order valence-electron chi connectivity index (χ4n) is 2.73. The summed E-state index contributed by atoms with van der Waals surface area (Å²) in [6, 6.07) is 2.99. The van der Waals surface area contributed by atoms with E-state index in [0.717, 1.165) is 25.9 Å². The van der Waals surface area contributed by atoms with Gasteiger partial charge >= 0.3 is 5.97 Å². The zero-order valence-electron chi connectivity index (χ0n) is 12.1. The summed E-state index contributed by atoms with van der Waals surface area (Å²) in [7, 11) is 0. The molecule has 116 valence electrons. The lowest BCUT2D eigenvalue weighted by molar-refractivity contribution is -0.665. The molecule has 0 bridgehead atoms. The van der Waals surface area contributed by atoms with Crippen LogP contribution in [0.2, 0.25) is 15.1 Å². The topological polar surface area (TPSA) is 42.9 Å². The van der Waals surface area contributed by atoms with Crippen LogP contribution in [0.25, 0.3) is 0 Å². The summed E-state index contributed by atoms with van der Waals surface area (Å²) in [4.78, 5) is 12.4. The lowest BCUT2D eigenvalue weighted by Gasteiger charge is -2.35. The Balaban J connectivity index is 2.17. The van der Waals surface area contributed by atoms with Crippen molar-refractivity contribution in [2.24, 2.45) is 5.92 Å². The maximum absolute atomic E-state index is 12.4. The first kappa shape index (κ1) is 16.9. The molecule has 0 saturated carbocycles. The molecular weight excluding hydrogens is 333 g/mol. The normalized spacial score (nSPS) is 16.8. The van der Waals surface area contributed by atoms with Gasteiger partial charge in [-0.25, -0.2) is 4.79 Å². The number of ether oxygens (including phenoxy) is 1. The Morgan fingerprint density at radius 3 is 2.24 bits per heavy atom. The first-order valence-electron chi connectivity index (χ1n) is 7.01. The van der Waals surface area contributed by atoms with Crippen molar-refractivity contribution in [1.82, 2.24) is 0 Å². The lowest BCUT2D eigenvalue weighted by Crippen LogP contribution is -2.86. The third-order valence-electron chi connectivity index (χ3n) is 3.99. The number of rotatable bonds is 3. The van der Waals surface area contributed by atoms with Gasteiger partial charge in [-0.15, -0.1) is 0 Å². The molecule has 0 unspecified atom stereocenters. The van der Waals surface area contributed by atoms with Gasteiger partial charge in [0.25, 0.3) is 0 Å². The Labute approximate surface area is 139 Å². The van der Waals surface area contributed by atoms with Crippen LogP contribution in [0.5, 0.6) is 0 Å². The fourth-order valence-corrected chi connectivity index (χ4v) is 3.70. The third kappa shape index (κ3) is 4.04. The predicted octanol–water partition coefficient (Wildman–Crippen LogP) is 3.56.